The van der Waals surface area contributed by atoms with Crippen LogP contribution < -0.4 is 0 Å². The lowest BCUT2D eigenvalue weighted by molar-refractivity contribution is 0.0431. The van der Waals surface area contributed by atoms with Crippen LogP contribution in [0, 0.1) is 11.8 Å². The lowest BCUT2D eigenvalue weighted by atomic mass is 9.76. The Kier molecular flexibility index (Phi) is 4.55. The van der Waals surface area contributed by atoms with Gasteiger partial charge in [-0.25, -0.2) is 0 Å². The molecule has 1 aromatic heterocycles. The van der Waals surface area contributed by atoms with E-state index in [9.17, 15) is 5.11 Å². The van der Waals surface area contributed by atoms with E-state index in [4.69, 9.17) is 0 Å². The van der Waals surface area contributed by atoms with Gasteiger partial charge < -0.3 is 5.11 Å². The number of rotatable bonds is 4. The first kappa shape index (κ1) is 12.6. The summed E-state index contributed by atoms with van der Waals surface area (Å²) in [6.45, 7) is 2.26. The van der Waals surface area contributed by atoms with Crippen molar-refractivity contribution in [2.45, 2.75) is 51.6 Å². The molecule has 0 amide bonds. The molecule has 2 rings (SSSR count). The second-order valence-electron chi connectivity index (χ2n) is 5.27. The fourth-order valence-electron chi connectivity index (χ4n) is 2.91. The number of hydrogen-bond donors (Lipinski definition) is 1. The minimum atomic E-state index is -0.0819. The maximum Gasteiger partial charge on any atom is 0.0568 e. The Morgan fingerprint density at radius 2 is 2.24 bits per heavy atom. The molecule has 0 aliphatic heterocycles. The molecule has 1 heterocycles. The maximum absolute atomic E-state index is 10.0. The number of hydrogen-bond acceptors (Lipinski definition) is 2. The van der Waals surface area contributed by atoms with E-state index in [-0.39, 0.29) is 6.10 Å². The van der Waals surface area contributed by atoms with Gasteiger partial charge in [0.1, 0.15) is 0 Å². The van der Waals surface area contributed by atoms with Gasteiger partial charge >= 0.3 is 0 Å². The molecular formula is C15H23NO. The van der Waals surface area contributed by atoms with Crippen molar-refractivity contribution in [2.75, 3.05) is 0 Å². The summed E-state index contributed by atoms with van der Waals surface area (Å²) in [5, 5.41) is 10.0. The van der Waals surface area contributed by atoms with Gasteiger partial charge in [0, 0.05) is 11.9 Å². The average Bonchev–Trinajstić information content (AvgIpc) is 2.39. The first-order valence-corrected chi connectivity index (χ1v) is 6.87. The van der Waals surface area contributed by atoms with Gasteiger partial charge in [-0.15, -0.1) is 0 Å². The SMILES string of the molecule is CCC1CCC(O)C(CCc2ccccn2)C1. The van der Waals surface area contributed by atoms with Crippen molar-refractivity contribution >= 4 is 0 Å². The van der Waals surface area contributed by atoms with Crippen LogP contribution in [0.5, 0.6) is 0 Å². The Hall–Kier alpha value is -0.890. The normalized spacial score (nSPS) is 29.2. The van der Waals surface area contributed by atoms with Gasteiger partial charge in [0.05, 0.1) is 6.10 Å². The predicted molar refractivity (Wildman–Crippen MR) is 69.7 cm³/mol. The summed E-state index contributed by atoms with van der Waals surface area (Å²) in [4.78, 5) is 4.35. The molecule has 1 fully saturated rings. The average molecular weight is 233 g/mol. The molecule has 1 saturated carbocycles. The van der Waals surface area contributed by atoms with Gasteiger partial charge in [-0.3, -0.25) is 4.98 Å². The van der Waals surface area contributed by atoms with E-state index in [2.05, 4.69) is 18.0 Å². The van der Waals surface area contributed by atoms with E-state index in [0.29, 0.717) is 5.92 Å². The number of nitrogens with zero attached hydrogens (tertiary/aromatic N) is 1. The van der Waals surface area contributed by atoms with Gasteiger partial charge in [-0.05, 0) is 56.1 Å². The topological polar surface area (TPSA) is 33.1 Å². The van der Waals surface area contributed by atoms with E-state index in [1.807, 2.05) is 18.3 Å². The van der Waals surface area contributed by atoms with Crippen molar-refractivity contribution in [2.24, 2.45) is 11.8 Å². The molecule has 1 aromatic rings. The fourth-order valence-corrected chi connectivity index (χ4v) is 2.91. The van der Waals surface area contributed by atoms with Gasteiger partial charge in [0.2, 0.25) is 0 Å². The second kappa shape index (κ2) is 6.15. The molecule has 94 valence electrons. The molecule has 1 N–H and O–H groups in total. The lowest BCUT2D eigenvalue weighted by Gasteiger charge is -2.32. The molecule has 0 spiro atoms. The zero-order chi connectivity index (χ0) is 12.1. The highest BCUT2D eigenvalue weighted by Gasteiger charge is 2.27. The van der Waals surface area contributed by atoms with Crippen LogP contribution in [0.1, 0.15) is 44.7 Å². The Labute approximate surface area is 104 Å². The third-order valence-corrected chi connectivity index (χ3v) is 4.13. The smallest absolute Gasteiger partial charge is 0.0568 e. The first-order valence-electron chi connectivity index (χ1n) is 6.87. The molecule has 0 saturated heterocycles. The fraction of sp³-hybridized carbons (Fsp3) is 0.667. The van der Waals surface area contributed by atoms with Crippen molar-refractivity contribution < 1.29 is 5.11 Å². The van der Waals surface area contributed by atoms with E-state index in [0.717, 1.165) is 30.9 Å². The van der Waals surface area contributed by atoms with Crippen molar-refractivity contribution in [1.29, 1.82) is 0 Å². The third kappa shape index (κ3) is 3.53. The van der Waals surface area contributed by atoms with Crippen LogP contribution in [0.15, 0.2) is 24.4 Å². The van der Waals surface area contributed by atoms with E-state index in [1.54, 1.807) is 0 Å². The Balaban J connectivity index is 1.85. The summed E-state index contributed by atoms with van der Waals surface area (Å²) in [6.07, 6.45) is 8.50. The summed E-state index contributed by atoms with van der Waals surface area (Å²) in [5.74, 6) is 1.31. The molecule has 3 unspecified atom stereocenters. The minimum absolute atomic E-state index is 0.0819. The van der Waals surface area contributed by atoms with Crippen molar-refractivity contribution in [1.82, 2.24) is 4.98 Å². The van der Waals surface area contributed by atoms with Gasteiger partial charge in [0.15, 0.2) is 0 Å². The number of aryl methyl sites for hydroxylation is 1. The maximum atomic E-state index is 10.0. The zero-order valence-corrected chi connectivity index (χ0v) is 10.7. The summed E-state index contributed by atoms with van der Waals surface area (Å²) < 4.78 is 0. The van der Waals surface area contributed by atoms with Crippen molar-refractivity contribution in [3.05, 3.63) is 30.1 Å². The van der Waals surface area contributed by atoms with Crippen molar-refractivity contribution in [3.8, 4) is 0 Å². The van der Waals surface area contributed by atoms with Crippen LogP contribution in [0.3, 0.4) is 0 Å². The molecule has 2 nitrogen and oxygen atoms in total. The molecule has 17 heavy (non-hydrogen) atoms. The Morgan fingerprint density at radius 1 is 1.35 bits per heavy atom. The molecule has 0 radical (unpaired) electrons. The van der Waals surface area contributed by atoms with Gasteiger partial charge in [-0.2, -0.15) is 0 Å². The van der Waals surface area contributed by atoms with Crippen LogP contribution in [0.4, 0.5) is 0 Å². The summed E-state index contributed by atoms with van der Waals surface area (Å²) in [5.41, 5.74) is 1.15. The van der Waals surface area contributed by atoms with Crippen molar-refractivity contribution in [3.63, 3.8) is 0 Å². The summed E-state index contributed by atoms with van der Waals surface area (Å²) in [6, 6.07) is 6.06. The number of pyridine rings is 1. The highest BCUT2D eigenvalue weighted by Crippen LogP contribution is 2.33. The standard InChI is InChI=1S/C15H23NO/c1-2-12-6-9-15(17)13(11-12)7-8-14-5-3-4-10-16-14/h3-5,10,12-13,15,17H,2,6-9,11H2,1H3. The lowest BCUT2D eigenvalue weighted by Crippen LogP contribution is -2.29. The summed E-state index contributed by atoms with van der Waals surface area (Å²) >= 11 is 0. The van der Waals surface area contributed by atoms with Crippen LogP contribution >= 0.6 is 0 Å². The molecule has 1 aliphatic carbocycles. The van der Waals surface area contributed by atoms with Crippen LogP contribution in [0.25, 0.3) is 0 Å². The van der Waals surface area contributed by atoms with E-state index in [1.165, 1.54) is 19.3 Å². The molecule has 0 aromatic carbocycles. The van der Waals surface area contributed by atoms with E-state index >= 15 is 0 Å². The van der Waals surface area contributed by atoms with Crippen LogP contribution in [-0.2, 0) is 6.42 Å². The van der Waals surface area contributed by atoms with Gasteiger partial charge in [-0.1, -0.05) is 19.4 Å². The predicted octanol–water partition coefficient (Wildman–Crippen LogP) is 3.20. The highest BCUT2D eigenvalue weighted by atomic mass is 16.3. The molecule has 0 bridgehead atoms. The number of aliphatic hydroxyl groups is 1. The minimum Gasteiger partial charge on any atom is -0.393 e. The Morgan fingerprint density at radius 3 is 2.94 bits per heavy atom. The number of aromatic nitrogens is 1. The quantitative estimate of drug-likeness (QED) is 0.866. The largest absolute Gasteiger partial charge is 0.393 e. The Bertz CT molecular complexity index is 325. The second-order valence-corrected chi connectivity index (χ2v) is 5.27. The zero-order valence-electron chi connectivity index (χ0n) is 10.7. The number of aliphatic hydroxyl groups excluding tert-OH is 1. The van der Waals surface area contributed by atoms with Gasteiger partial charge in [0.25, 0.3) is 0 Å². The molecule has 1 aliphatic rings. The van der Waals surface area contributed by atoms with E-state index < -0.39 is 0 Å². The monoisotopic (exact) mass is 233 g/mol. The third-order valence-electron chi connectivity index (χ3n) is 4.13. The first-order chi connectivity index (χ1) is 8.29. The highest BCUT2D eigenvalue weighted by molar-refractivity contribution is 5.03. The molecular weight excluding hydrogens is 210 g/mol. The summed E-state index contributed by atoms with van der Waals surface area (Å²) in [7, 11) is 0. The molecule has 3 atom stereocenters. The molecule has 2 heteroatoms. The van der Waals surface area contributed by atoms with Crippen LogP contribution in [-0.4, -0.2) is 16.2 Å². The van der Waals surface area contributed by atoms with Crippen LogP contribution in [0.2, 0.25) is 0 Å².